The Morgan fingerprint density at radius 2 is 1.89 bits per heavy atom. The Bertz CT molecular complexity index is 313. The molecular weight excluding hydrogens is 353 g/mol. The maximum atomic E-state index is 3.67. The van der Waals surface area contributed by atoms with Gasteiger partial charge in [-0.2, -0.15) is 11.8 Å². The van der Waals surface area contributed by atoms with Crippen LogP contribution in [0.1, 0.15) is 32.3 Å². The Morgan fingerprint density at radius 3 is 2.50 bits per heavy atom. The van der Waals surface area contributed by atoms with E-state index in [0.717, 1.165) is 13.0 Å². The summed E-state index contributed by atoms with van der Waals surface area (Å²) < 4.78 is 1.31. The van der Waals surface area contributed by atoms with Crippen molar-refractivity contribution in [3.05, 3.63) is 33.4 Å². The fraction of sp³-hybridized carbons (Fsp3) is 0.600. The predicted molar refractivity (Wildman–Crippen MR) is 92.6 cm³/mol. The van der Waals surface area contributed by atoms with Gasteiger partial charge in [-0.05, 0) is 71.8 Å². The molecule has 1 rings (SSSR count). The second-order valence-corrected chi connectivity index (χ2v) is 6.95. The molecule has 18 heavy (non-hydrogen) atoms. The molecule has 1 nitrogen and oxygen atoms in total. The minimum Gasteiger partial charge on any atom is -0.313 e. The van der Waals surface area contributed by atoms with Gasteiger partial charge in [-0.3, -0.25) is 0 Å². The SMILES string of the molecule is CCCNC(CSCCC)Cc1ccc(I)cc1. The average Bonchev–Trinajstić information content (AvgIpc) is 2.38. The molecular formula is C15H24INS. The van der Waals surface area contributed by atoms with Crippen LogP contribution in [0.25, 0.3) is 0 Å². The number of thioether (sulfide) groups is 1. The summed E-state index contributed by atoms with van der Waals surface area (Å²) in [5.41, 5.74) is 1.45. The van der Waals surface area contributed by atoms with E-state index in [-0.39, 0.29) is 0 Å². The Balaban J connectivity index is 2.45. The molecule has 0 aliphatic heterocycles. The van der Waals surface area contributed by atoms with Crippen molar-refractivity contribution in [2.24, 2.45) is 0 Å². The van der Waals surface area contributed by atoms with Crippen LogP contribution in [0.4, 0.5) is 0 Å². The minimum absolute atomic E-state index is 0.613. The molecule has 1 aromatic carbocycles. The first-order valence-corrected chi connectivity index (χ1v) is 9.05. The highest BCUT2D eigenvalue weighted by Crippen LogP contribution is 2.12. The molecule has 0 aliphatic rings. The number of halogens is 1. The molecule has 0 spiro atoms. The third-order valence-electron chi connectivity index (χ3n) is 2.75. The molecule has 1 aromatic rings. The summed E-state index contributed by atoms with van der Waals surface area (Å²) in [7, 11) is 0. The first-order chi connectivity index (χ1) is 8.76. The lowest BCUT2D eigenvalue weighted by Gasteiger charge is -2.18. The Kier molecular flexibility index (Phi) is 9.15. The van der Waals surface area contributed by atoms with Gasteiger partial charge in [0.1, 0.15) is 0 Å². The van der Waals surface area contributed by atoms with Crippen molar-refractivity contribution in [1.29, 1.82) is 0 Å². The molecule has 1 unspecified atom stereocenters. The summed E-state index contributed by atoms with van der Waals surface area (Å²) in [6.07, 6.45) is 3.63. The van der Waals surface area contributed by atoms with Gasteiger partial charge in [0.25, 0.3) is 0 Å². The standard InChI is InChI=1S/C15H24INS/c1-3-9-17-15(12-18-10-4-2)11-13-5-7-14(16)8-6-13/h5-8,15,17H,3-4,9-12H2,1-2H3. The number of hydrogen-bond donors (Lipinski definition) is 1. The van der Waals surface area contributed by atoms with Crippen LogP contribution in [-0.2, 0) is 6.42 Å². The van der Waals surface area contributed by atoms with Crippen LogP contribution in [0, 0.1) is 3.57 Å². The topological polar surface area (TPSA) is 12.0 Å². The van der Waals surface area contributed by atoms with E-state index >= 15 is 0 Å². The molecule has 1 N–H and O–H groups in total. The van der Waals surface area contributed by atoms with Gasteiger partial charge in [0.05, 0.1) is 0 Å². The van der Waals surface area contributed by atoms with Crippen molar-refractivity contribution in [1.82, 2.24) is 5.32 Å². The summed E-state index contributed by atoms with van der Waals surface area (Å²) in [5, 5.41) is 3.67. The summed E-state index contributed by atoms with van der Waals surface area (Å²) in [4.78, 5) is 0. The Hall–Kier alpha value is 0.260. The van der Waals surface area contributed by atoms with E-state index in [2.05, 4.69) is 77.8 Å². The van der Waals surface area contributed by atoms with Crippen molar-refractivity contribution in [3.8, 4) is 0 Å². The Morgan fingerprint density at radius 1 is 1.17 bits per heavy atom. The van der Waals surface area contributed by atoms with E-state index in [1.165, 1.54) is 33.5 Å². The zero-order valence-electron chi connectivity index (χ0n) is 11.4. The molecule has 0 saturated heterocycles. The third kappa shape index (κ3) is 7.00. The number of benzene rings is 1. The van der Waals surface area contributed by atoms with Crippen LogP contribution in [0.5, 0.6) is 0 Å². The van der Waals surface area contributed by atoms with Crippen molar-refractivity contribution < 1.29 is 0 Å². The molecule has 0 aromatic heterocycles. The van der Waals surface area contributed by atoms with Gasteiger partial charge in [0.2, 0.25) is 0 Å². The normalized spacial score (nSPS) is 12.6. The van der Waals surface area contributed by atoms with Gasteiger partial charge in [-0.1, -0.05) is 26.0 Å². The monoisotopic (exact) mass is 377 g/mol. The van der Waals surface area contributed by atoms with E-state index in [1.54, 1.807) is 0 Å². The zero-order valence-corrected chi connectivity index (χ0v) is 14.4. The van der Waals surface area contributed by atoms with Crippen LogP contribution in [0.3, 0.4) is 0 Å². The molecule has 3 heteroatoms. The summed E-state index contributed by atoms with van der Waals surface area (Å²) in [5.74, 6) is 2.50. The van der Waals surface area contributed by atoms with E-state index in [9.17, 15) is 0 Å². The van der Waals surface area contributed by atoms with Crippen molar-refractivity contribution in [2.45, 2.75) is 39.2 Å². The first-order valence-electron chi connectivity index (χ1n) is 6.81. The van der Waals surface area contributed by atoms with Crippen molar-refractivity contribution >= 4 is 34.4 Å². The number of rotatable bonds is 9. The van der Waals surface area contributed by atoms with Gasteiger partial charge >= 0.3 is 0 Å². The van der Waals surface area contributed by atoms with E-state index < -0.39 is 0 Å². The number of nitrogens with one attached hydrogen (secondary N) is 1. The van der Waals surface area contributed by atoms with Gasteiger partial charge in [-0.15, -0.1) is 0 Å². The zero-order chi connectivity index (χ0) is 13.2. The van der Waals surface area contributed by atoms with Crippen LogP contribution in [0.2, 0.25) is 0 Å². The average molecular weight is 377 g/mol. The molecule has 0 bridgehead atoms. The second-order valence-electron chi connectivity index (χ2n) is 4.56. The maximum Gasteiger partial charge on any atom is 0.0198 e. The molecule has 0 saturated carbocycles. The first kappa shape index (κ1) is 16.3. The fourth-order valence-corrected chi connectivity index (χ4v) is 3.15. The summed E-state index contributed by atoms with van der Waals surface area (Å²) in [6, 6.07) is 9.53. The lowest BCUT2D eigenvalue weighted by Crippen LogP contribution is -2.34. The quantitative estimate of drug-likeness (QED) is 0.507. The molecule has 0 amide bonds. The highest BCUT2D eigenvalue weighted by molar-refractivity contribution is 14.1. The smallest absolute Gasteiger partial charge is 0.0198 e. The second kappa shape index (κ2) is 10.1. The minimum atomic E-state index is 0.613. The predicted octanol–water partition coefficient (Wildman–Crippen LogP) is 4.35. The largest absolute Gasteiger partial charge is 0.313 e. The molecule has 102 valence electrons. The molecule has 1 atom stereocenters. The van der Waals surface area contributed by atoms with Crippen LogP contribution in [-0.4, -0.2) is 24.1 Å². The van der Waals surface area contributed by atoms with E-state index in [0.29, 0.717) is 6.04 Å². The van der Waals surface area contributed by atoms with Crippen molar-refractivity contribution in [3.63, 3.8) is 0 Å². The van der Waals surface area contributed by atoms with Crippen LogP contribution in [0.15, 0.2) is 24.3 Å². The fourth-order valence-electron chi connectivity index (χ4n) is 1.81. The van der Waals surface area contributed by atoms with Crippen LogP contribution >= 0.6 is 34.4 Å². The molecule has 0 heterocycles. The molecule has 0 fully saturated rings. The Labute approximate surface area is 130 Å². The summed E-state index contributed by atoms with van der Waals surface area (Å²) in [6.45, 7) is 5.61. The highest BCUT2D eigenvalue weighted by atomic mass is 127. The maximum absolute atomic E-state index is 3.67. The van der Waals surface area contributed by atoms with Gasteiger partial charge in [0.15, 0.2) is 0 Å². The lowest BCUT2D eigenvalue weighted by molar-refractivity contribution is 0.550. The lowest BCUT2D eigenvalue weighted by atomic mass is 10.1. The number of hydrogen-bond acceptors (Lipinski definition) is 2. The molecule has 0 aliphatic carbocycles. The van der Waals surface area contributed by atoms with E-state index in [1.807, 2.05) is 0 Å². The molecule has 0 radical (unpaired) electrons. The van der Waals surface area contributed by atoms with E-state index in [4.69, 9.17) is 0 Å². The third-order valence-corrected chi connectivity index (χ3v) is 4.80. The van der Waals surface area contributed by atoms with Crippen molar-refractivity contribution in [2.75, 3.05) is 18.1 Å². The van der Waals surface area contributed by atoms with Crippen LogP contribution < -0.4 is 5.32 Å². The van der Waals surface area contributed by atoms with Gasteiger partial charge in [0, 0.05) is 15.4 Å². The van der Waals surface area contributed by atoms with Gasteiger partial charge < -0.3 is 5.32 Å². The van der Waals surface area contributed by atoms with Gasteiger partial charge in [-0.25, -0.2) is 0 Å². The highest BCUT2D eigenvalue weighted by Gasteiger charge is 2.08. The summed E-state index contributed by atoms with van der Waals surface area (Å²) >= 11 is 4.43.